The molecule has 0 amide bonds. The van der Waals surface area contributed by atoms with E-state index in [4.69, 9.17) is 0 Å². The highest BCUT2D eigenvalue weighted by Gasteiger charge is 2.46. The summed E-state index contributed by atoms with van der Waals surface area (Å²) in [7, 11) is 0. The van der Waals surface area contributed by atoms with Gasteiger partial charge in [-0.15, -0.1) is 0 Å². The van der Waals surface area contributed by atoms with Gasteiger partial charge in [-0.25, -0.2) is 0 Å². The zero-order valence-corrected chi connectivity index (χ0v) is 7.09. The first-order chi connectivity index (χ1) is 6.11. The van der Waals surface area contributed by atoms with Crippen molar-refractivity contribution in [3.8, 4) is 0 Å². The molecule has 0 N–H and O–H groups in total. The van der Waals surface area contributed by atoms with Crippen molar-refractivity contribution in [2.45, 2.75) is 25.2 Å². The molecule has 0 spiro atoms. The second-order valence-corrected chi connectivity index (χ2v) is 3.56. The van der Waals surface area contributed by atoms with Crippen LogP contribution in [0.15, 0.2) is 23.8 Å². The minimum atomic E-state index is -3.12. The largest absolute Gasteiger partial charge is 0.309 e. The lowest BCUT2D eigenvalue weighted by molar-refractivity contribution is -0.143. The average Bonchev–Trinajstić information content (AvgIpc) is 2.13. The van der Waals surface area contributed by atoms with Crippen molar-refractivity contribution in [3.63, 3.8) is 0 Å². The van der Waals surface area contributed by atoms with Gasteiger partial charge in [-0.05, 0) is 18.8 Å². The molecule has 1 nitrogen and oxygen atoms in total. The van der Waals surface area contributed by atoms with Gasteiger partial charge >= 0.3 is 5.92 Å². The van der Waals surface area contributed by atoms with Gasteiger partial charge in [0.2, 0.25) is 5.78 Å². The maximum absolute atomic E-state index is 13.0. The molecule has 0 bridgehead atoms. The number of rotatable bonds is 0. The normalized spacial score (nSPS) is 31.1. The van der Waals surface area contributed by atoms with Crippen LogP contribution in [0.25, 0.3) is 0 Å². The highest BCUT2D eigenvalue weighted by molar-refractivity contribution is 6.02. The topological polar surface area (TPSA) is 17.1 Å². The second-order valence-electron chi connectivity index (χ2n) is 3.56. The molecule has 0 radical (unpaired) electrons. The monoisotopic (exact) mass is 184 g/mol. The smallest absolute Gasteiger partial charge is 0.288 e. The van der Waals surface area contributed by atoms with Crippen molar-refractivity contribution >= 4 is 5.78 Å². The third-order valence-corrected chi connectivity index (χ3v) is 2.67. The Balaban J connectivity index is 2.33. The molecule has 0 aliphatic heterocycles. The quantitative estimate of drug-likeness (QED) is 0.565. The van der Waals surface area contributed by atoms with Crippen LogP contribution in [-0.4, -0.2) is 11.7 Å². The van der Waals surface area contributed by atoms with E-state index in [1.54, 1.807) is 6.08 Å². The van der Waals surface area contributed by atoms with E-state index in [9.17, 15) is 13.6 Å². The van der Waals surface area contributed by atoms with E-state index in [1.165, 1.54) is 6.08 Å². The van der Waals surface area contributed by atoms with Gasteiger partial charge in [0.15, 0.2) is 0 Å². The van der Waals surface area contributed by atoms with E-state index < -0.39 is 11.7 Å². The molecule has 1 saturated carbocycles. The van der Waals surface area contributed by atoms with E-state index in [0.29, 0.717) is 12.0 Å². The Hall–Kier alpha value is -0.990. The highest BCUT2D eigenvalue weighted by atomic mass is 19.3. The molecule has 0 aromatic carbocycles. The van der Waals surface area contributed by atoms with E-state index >= 15 is 0 Å². The number of carbonyl (C=O) groups is 1. The molecule has 2 aliphatic carbocycles. The minimum Gasteiger partial charge on any atom is -0.288 e. The average molecular weight is 184 g/mol. The van der Waals surface area contributed by atoms with Crippen LogP contribution in [0.3, 0.4) is 0 Å². The van der Waals surface area contributed by atoms with Crippen LogP contribution in [-0.2, 0) is 4.79 Å². The molecule has 1 atom stereocenters. The number of fused-ring (bicyclic) bond motifs is 1. The van der Waals surface area contributed by atoms with Crippen LogP contribution < -0.4 is 0 Å². The van der Waals surface area contributed by atoms with Crippen LogP contribution in [0.5, 0.6) is 0 Å². The lowest BCUT2D eigenvalue weighted by Crippen LogP contribution is -2.38. The SMILES string of the molecule is O=C1C2=CC=CCC2CCC1(F)F. The number of alkyl halides is 2. The maximum atomic E-state index is 13.0. The summed E-state index contributed by atoms with van der Waals surface area (Å²) < 4.78 is 25.9. The summed E-state index contributed by atoms with van der Waals surface area (Å²) in [4.78, 5) is 11.2. The predicted molar refractivity (Wildman–Crippen MR) is 44.5 cm³/mol. The first-order valence-corrected chi connectivity index (χ1v) is 4.40. The molecule has 0 heterocycles. The third kappa shape index (κ3) is 1.32. The molecule has 2 rings (SSSR count). The summed E-state index contributed by atoms with van der Waals surface area (Å²) in [6.45, 7) is 0. The van der Waals surface area contributed by atoms with Crippen molar-refractivity contribution in [2.75, 3.05) is 0 Å². The van der Waals surface area contributed by atoms with Crippen LogP contribution in [0.2, 0.25) is 0 Å². The highest BCUT2D eigenvalue weighted by Crippen LogP contribution is 2.39. The van der Waals surface area contributed by atoms with Gasteiger partial charge in [0, 0.05) is 12.0 Å². The van der Waals surface area contributed by atoms with E-state index in [1.807, 2.05) is 6.08 Å². The van der Waals surface area contributed by atoms with Crippen LogP contribution >= 0.6 is 0 Å². The fourth-order valence-electron chi connectivity index (χ4n) is 1.89. The summed E-state index contributed by atoms with van der Waals surface area (Å²) in [5.74, 6) is -4.04. The predicted octanol–water partition coefficient (Wildman–Crippen LogP) is 2.49. The van der Waals surface area contributed by atoms with Gasteiger partial charge in [-0.1, -0.05) is 18.2 Å². The molecular formula is C10H10F2O. The fraction of sp³-hybridized carbons (Fsp3) is 0.500. The van der Waals surface area contributed by atoms with Crippen LogP contribution in [0.1, 0.15) is 19.3 Å². The molecule has 0 aromatic rings. The lowest BCUT2D eigenvalue weighted by atomic mass is 9.77. The van der Waals surface area contributed by atoms with Gasteiger partial charge in [-0.2, -0.15) is 8.78 Å². The summed E-state index contributed by atoms with van der Waals surface area (Å²) in [5, 5.41) is 0. The van der Waals surface area contributed by atoms with Crippen molar-refractivity contribution < 1.29 is 13.6 Å². The Bertz CT molecular complexity index is 302. The molecule has 3 heteroatoms. The first-order valence-electron chi connectivity index (χ1n) is 4.40. The molecule has 0 saturated heterocycles. The van der Waals surface area contributed by atoms with Crippen LogP contribution in [0, 0.1) is 5.92 Å². The number of ketones is 1. The second kappa shape index (κ2) is 2.76. The Kier molecular flexibility index (Phi) is 1.82. The molecule has 1 fully saturated rings. The van der Waals surface area contributed by atoms with Crippen LogP contribution in [0.4, 0.5) is 8.78 Å². The molecule has 70 valence electrons. The zero-order chi connectivity index (χ0) is 9.47. The van der Waals surface area contributed by atoms with Gasteiger partial charge < -0.3 is 0 Å². The molecule has 2 aliphatic rings. The van der Waals surface area contributed by atoms with E-state index in [0.717, 1.165) is 6.42 Å². The summed E-state index contributed by atoms with van der Waals surface area (Å²) in [6.07, 6.45) is 6.00. The molecule has 0 aromatic heterocycles. The Morgan fingerprint density at radius 2 is 2.23 bits per heavy atom. The number of Topliss-reactive ketones (excluding diaryl/α,β-unsaturated/α-hetero) is 1. The molecule has 1 unspecified atom stereocenters. The van der Waals surface area contributed by atoms with E-state index in [-0.39, 0.29) is 12.3 Å². The lowest BCUT2D eigenvalue weighted by Gasteiger charge is -2.30. The number of hydrogen-bond acceptors (Lipinski definition) is 1. The number of allylic oxidation sites excluding steroid dienone is 4. The summed E-state index contributed by atoms with van der Waals surface area (Å²) in [6, 6.07) is 0. The van der Waals surface area contributed by atoms with Crippen molar-refractivity contribution in [2.24, 2.45) is 5.92 Å². The Morgan fingerprint density at radius 3 is 3.00 bits per heavy atom. The van der Waals surface area contributed by atoms with Gasteiger partial charge in [0.1, 0.15) is 0 Å². The van der Waals surface area contributed by atoms with Gasteiger partial charge in [-0.3, -0.25) is 4.79 Å². The molecular weight excluding hydrogens is 174 g/mol. The zero-order valence-electron chi connectivity index (χ0n) is 7.09. The number of halogens is 2. The first kappa shape index (κ1) is 8.60. The molecule has 13 heavy (non-hydrogen) atoms. The Labute approximate surface area is 75.1 Å². The minimum absolute atomic E-state index is 0.0390. The van der Waals surface area contributed by atoms with Crippen molar-refractivity contribution in [1.29, 1.82) is 0 Å². The standard InChI is InChI=1S/C10H10F2O/c11-10(12)6-5-7-3-1-2-4-8(7)9(10)13/h1-2,4,7H,3,5-6H2. The fourth-order valence-corrected chi connectivity index (χ4v) is 1.89. The van der Waals surface area contributed by atoms with Gasteiger partial charge in [0.25, 0.3) is 0 Å². The van der Waals surface area contributed by atoms with E-state index in [2.05, 4.69) is 0 Å². The van der Waals surface area contributed by atoms with Crippen molar-refractivity contribution in [1.82, 2.24) is 0 Å². The summed E-state index contributed by atoms with van der Waals surface area (Å²) in [5.41, 5.74) is 0.318. The number of carbonyl (C=O) groups excluding carboxylic acids is 1. The van der Waals surface area contributed by atoms with Gasteiger partial charge in [0.05, 0.1) is 0 Å². The number of hydrogen-bond donors (Lipinski definition) is 0. The summed E-state index contributed by atoms with van der Waals surface area (Å²) >= 11 is 0. The van der Waals surface area contributed by atoms with Crippen molar-refractivity contribution in [3.05, 3.63) is 23.8 Å². The maximum Gasteiger partial charge on any atom is 0.309 e. The third-order valence-electron chi connectivity index (χ3n) is 2.67. The Morgan fingerprint density at radius 1 is 1.46 bits per heavy atom.